The molecule has 4 rings (SSSR count). The van der Waals surface area contributed by atoms with E-state index in [1.54, 1.807) is 11.3 Å². The number of hydrogen-bond acceptors (Lipinski definition) is 3. The number of aliphatic imine (C=N–C) groups is 1. The summed E-state index contributed by atoms with van der Waals surface area (Å²) >= 11 is 1.61. The minimum Gasteiger partial charge on any atom is -0.383 e. The van der Waals surface area contributed by atoms with Gasteiger partial charge in [-0.25, -0.2) is 4.99 Å². The lowest BCUT2D eigenvalue weighted by Crippen LogP contribution is -2.18. The highest BCUT2D eigenvalue weighted by molar-refractivity contribution is 7.12. The highest BCUT2D eigenvalue weighted by atomic mass is 35.5. The van der Waals surface area contributed by atoms with Crippen LogP contribution in [0.15, 0.2) is 53.0 Å². The molecule has 1 aliphatic carbocycles. The number of aryl methyl sites for hydroxylation is 1. The van der Waals surface area contributed by atoms with Gasteiger partial charge in [0.25, 0.3) is 0 Å². The number of benzene rings is 1. The average molecular weight is 411 g/mol. The zero-order valence-electron chi connectivity index (χ0n) is 14.4. The van der Waals surface area contributed by atoms with Crippen molar-refractivity contribution < 1.29 is 0 Å². The molecule has 7 heteroatoms. The monoisotopic (exact) mass is 410 g/mol. The molecule has 140 valence electrons. The molecule has 1 aliphatic rings. The summed E-state index contributed by atoms with van der Waals surface area (Å²) in [6, 6.07) is 13.2. The maximum Gasteiger partial charge on any atom is 0.141 e. The molecule has 1 saturated carbocycles. The summed E-state index contributed by atoms with van der Waals surface area (Å²) in [6.07, 6.45) is 6.03. The highest BCUT2D eigenvalue weighted by Gasteiger charge is 2.19. The topological polar surface area (TPSA) is 55.3 Å². The lowest BCUT2D eigenvalue weighted by atomic mass is 10.2. The van der Waals surface area contributed by atoms with Crippen LogP contribution in [0.4, 0.5) is 5.69 Å². The third-order valence-corrected chi connectivity index (χ3v) is 5.26. The zero-order chi connectivity index (χ0) is 16.4. The molecule has 0 aliphatic heterocycles. The van der Waals surface area contributed by atoms with Crippen molar-refractivity contribution in [2.75, 3.05) is 6.54 Å². The Labute approximate surface area is 170 Å². The molecule has 2 heterocycles. The Bertz CT molecular complexity index is 854. The smallest absolute Gasteiger partial charge is 0.141 e. The summed E-state index contributed by atoms with van der Waals surface area (Å²) in [6.45, 7) is 2.15. The number of hydrogen-bond donors (Lipinski definition) is 2. The van der Waals surface area contributed by atoms with Gasteiger partial charge in [-0.3, -0.25) is 0 Å². The van der Waals surface area contributed by atoms with E-state index in [-0.39, 0.29) is 24.8 Å². The second-order valence-electron chi connectivity index (χ2n) is 6.31. The molecule has 0 saturated heterocycles. The largest absolute Gasteiger partial charge is 0.383 e. The van der Waals surface area contributed by atoms with E-state index in [1.807, 2.05) is 23.6 Å². The fourth-order valence-corrected chi connectivity index (χ4v) is 3.54. The molecule has 0 bridgehead atoms. The average Bonchev–Trinajstić information content (AvgIpc) is 3.10. The van der Waals surface area contributed by atoms with Crippen molar-refractivity contribution in [2.24, 2.45) is 10.7 Å². The predicted octanol–water partition coefficient (Wildman–Crippen LogP) is 4.73. The number of rotatable bonds is 7. The lowest BCUT2D eigenvalue weighted by molar-refractivity contribution is 0.588. The number of thiophene rings is 1. The Morgan fingerprint density at radius 3 is 2.81 bits per heavy atom. The summed E-state index contributed by atoms with van der Waals surface area (Å²) in [7, 11) is 0. The van der Waals surface area contributed by atoms with Crippen molar-refractivity contribution >= 4 is 58.6 Å². The first-order valence-corrected chi connectivity index (χ1v) is 9.38. The molecule has 0 radical (unpaired) electrons. The SMILES string of the molecule is Cl.Cl.NC(=Nc1ccc2c(ccn2CCCNC2CC2)c1)c1cccs1. The number of halogens is 2. The molecule has 3 N–H and O–H groups in total. The Balaban J connectivity index is 0.00000121. The van der Waals surface area contributed by atoms with E-state index in [9.17, 15) is 0 Å². The van der Waals surface area contributed by atoms with Crippen LogP contribution in [0.1, 0.15) is 24.1 Å². The van der Waals surface area contributed by atoms with Gasteiger partial charge in [-0.2, -0.15) is 0 Å². The summed E-state index contributed by atoms with van der Waals surface area (Å²) < 4.78 is 2.32. The minimum absolute atomic E-state index is 0. The third-order valence-electron chi connectivity index (χ3n) is 4.36. The molecule has 1 aromatic carbocycles. The second kappa shape index (κ2) is 9.42. The molecule has 1 fully saturated rings. The Morgan fingerprint density at radius 2 is 2.08 bits per heavy atom. The van der Waals surface area contributed by atoms with Crippen LogP contribution in [-0.4, -0.2) is 23.0 Å². The molecular weight excluding hydrogens is 387 g/mol. The first-order chi connectivity index (χ1) is 11.8. The third kappa shape index (κ3) is 5.01. The van der Waals surface area contributed by atoms with E-state index in [2.05, 4.69) is 39.3 Å². The van der Waals surface area contributed by atoms with Crippen LogP contribution in [0.25, 0.3) is 10.9 Å². The van der Waals surface area contributed by atoms with Gasteiger partial charge in [0.2, 0.25) is 0 Å². The maximum atomic E-state index is 6.08. The summed E-state index contributed by atoms with van der Waals surface area (Å²) in [5.41, 5.74) is 8.24. The van der Waals surface area contributed by atoms with Crippen molar-refractivity contribution in [2.45, 2.75) is 31.8 Å². The summed E-state index contributed by atoms with van der Waals surface area (Å²) in [5, 5.41) is 6.79. The van der Waals surface area contributed by atoms with Crippen LogP contribution < -0.4 is 11.1 Å². The quantitative estimate of drug-likeness (QED) is 0.336. The van der Waals surface area contributed by atoms with Gasteiger partial charge in [0.05, 0.1) is 10.6 Å². The molecule has 0 atom stereocenters. The normalized spacial score (nSPS) is 14.1. The van der Waals surface area contributed by atoms with Crippen molar-refractivity contribution in [1.29, 1.82) is 0 Å². The van der Waals surface area contributed by atoms with Gasteiger partial charge in [0.15, 0.2) is 0 Å². The van der Waals surface area contributed by atoms with Gasteiger partial charge in [0, 0.05) is 29.7 Å². The Kier molecular flexibility index (Phi) is 7.53. The molecule has 3 aromatic rings. The van der Waals surface area contributed by atoms with Gasteiger partial charge < -0.3 is 15.6 Å². The van der Waals surface area contributed by atoms with Gasteiger partial charge in [0.1, 0.15) is 5.84 Å². The molecule has 2 aromatic heterocycles. The Hall–Kier alpha value is -1.53. The second-order valence-corrected chi connectivity index (χ2v) is 7.26. The minimum atomic E-state index is 0. The van der Waals surface area contributed by atoms with E-state index in [0.717, 1.165) is 36.1 Å². The standard InChI is InChI=1S/C19H22N4S.2ClH/c20-19(18-3-1-12-24-18)22-16-6-7-17-14(13-16)8-11-23(17)10-2-9-21-15-4-5-15;;/h1,3,6-8,11-13,15,21H,2,4-5,9-10H2,(H2,20,22);2*1H. The fourth-order valence-electron chi connectivity index (χ4n) is 2.91. The molecule has 0 unspecified atom stereocenters. The predicted molar refractivity (Wildman–Crippen MR) is 117 cm³/mol. The van der Waals surface area contributed by atoms with Gasteiger partial charge in [-0.1, -0.05) is 6.07 Å². The summed E-state index contributed by atoms with van der Waals surface area (Å²) in [5.74, 6) is 0.579. The number of fused-ring (bicyclic) bond motifs is 1. The first kappa shape index (κ1) is 20.8. The summed E-state index contributed by atoms with van der Waals surface area (Å²) in [4.78, 5) is 5.56. The fraction of sp³-hybridized carbons (Fsp3) is 0.316. The van der Waals surface area contributed by atoms with Gasteiger partial charge in [-0.15, -0.1) is 36.2 Å². The van der Waals surface area contributed by atoms with E-state index in [4.69, 9.17) is 5.73 Å². The number of nitrogens with one attached hydrogen (secondary N) is 1. The van der Waals surface area contributed by atoms with Gasteiger partial charge in [-0.05, 0) is 61.5 Å². The number of amidine groups is 1. The van der Waals surface area contributed by atoms with Crippen LogP contribution >= 0.6 is 36.2 Å². The van der Waals surface area contributed by atoms with Crippen molar-refractivity contribution in [3.8, 4) is 0 Å². The molecular formula is C19H24Cl2N4S. The first-order valence-electron chi connectivity index (χ1n) is 8.50. The van der Waals surface area contributed by atoms with Crippen LogP contribution in [0, 0.1) is 0 Å². The molecule has 0 spiro atoms. The van der Waals surface area contributed by atoms with Crippen LogP contribution in [-0.2, 0) is 6.54 Å². The Morgan fingerprint density at radius 1 is 1.23 bits per heavy atom. The van der Waals surface area contributed by atoms with Crippen LogP contribution in [0.5, 0.6) is 0 Å². The molecule has 4 nitrogen and oxygen atoms in total. The van der Waals surface area contributed by atoms with E-state index in [0.29, 0.717) is 5.84 Å². The highest BCUT2D eigenvalue weighted by Crippen LogP contribution is 2.24. The zero-order valence-corrected chi connectivity index (χ0v) is 16.9. The number of nitrogens with zero attached hydrogens (tertiary/aromatic N) is 2. The van der Waals surface area contributed by atoms with Crippen molar-refractivity contribution in [3.63, 3.8) is 0 Å². The van der Waals surface area contributed by atoms with Crippen LogP contribution in [0.2, 0.25) is 0 Å². The van der Waals surface area contributed by atoms with Crippen LogP contribution in [0.3, 0.4) is 0 Å². The molecule has 26 heavy (non-hydrogen) atoms. The lowest BCUT2D eigenvalue weighted by Gasteiger charge is -2.06. The number of nitrogens with two attached hydrogens (primary N) is 1. The molecule has 0 amide bonds. The number of aromatic nitrogens is 1. The van der Waals surface area contributed by atoms with Gasteiger partial charge >= 0.3 is 0 Å². The van der Waals surface area contributed by atoms with E-state index < -0.39 is 0 Å². The van der Waals surface area contributed by atoms with E-state index >= 15 is 0 Å². The van der Waals surface area contributed by atoms with E-state index in [1.165, 1.54) is 23.7 Å². The van der Waals surface area contributed by atoms with Crippen molar-refractivity contribution in [1.82, 2.24) is 9.88 Å². The van der Waals surface area contributed by atoms with Crippen molar-refractivity contribution in [3.05, 3.63) is 52.9 Å². The maximum absolute atomic E-state index is 6.08.